The van der Waals surface area contributed by atoms with Crippen molar-refractivity contribution in [3.05, 3.63) is 53.2 Å². The molecule has 0 aliphatic rings. The Morgan fingerprint density at radius 1 is 1.21 bits per heavy atom. The Hall–Kier alpha value is -3.00. The maximum Gasteiger partial charge on any atom is 0.302 e. The highest BCUT2D eigenvalue weighted by Crippen LogP contribution is 2.13. The minimum atomic E-state index is -0.353. The molecule has 2 aromatic heterocycles. The molecule has 124 valence electrons. The second-order valence-electron chi connectivity index (χ2n) is 5.03. The summed E-state index contributed by atoms with van der Waals surface area (Å²) in [5, 5.41) is 4.07. The zero-order valence-corrected chi connectivity index (χ0v) is 13.1. The van der Waals surface area contributed by atoms with Crippen LogP contribution in [0, 0.1) is 0 Å². The van der Waals surface area contributed by atoms with Gasteiger partial charge in [-0.05, 0) is 5.56 Å². The number of fused-ring (bicyclic) bond motifs is 1. The third-order valence-electron chi connectivity index (χ3n) is 3.33. The van der Waals surface area contributed by atoms with Crippen molar-refractivity contribution in [2.24, 2.45) is 0 Å². The fourth-order valence-electron chi connectivity index (χ4n) is 2.22. The van der Waals surface area contributed by atoms with E-state index >= 15 is 0 Å². The fourth-order valence-corrected chi connectivity index (χ4v) is 2.22. The van der Waals surface area contributed by atoms with Gasteiger partial charge >= 0.3 is 5.97 Å². The lowest BCUT2D eigenvalue weighted by atomic mass is 10.1. The number of ether oxygens (including phenoxy) is 2. The largest absolute Gasteiger partial charge is 0.463 e. The number of nitrogens with zero attached hydrogens (tertiary/aromatic N) is 4. The summed E-state index contributed by atoms with van der Waals surface area (Å²) in [7, 11) is 0. The Kier molecular flexibility index (Phi) is 4.66. The minimum Gasteiger partial charge on any atom is -0.463 e. The molecule has 0 aliphatic carbocycles. The van der Waals surface area contributed by atoms with E-state index in [4.69, 9.17) is 9.47 Å². The summed E-state index contributed by atoms with van der Waals surface area (Å²) in [4.78, 5) is 27.5. The number of hydrogen-bond donors (Lipinski definition) is 0. The summed E-state index contributed by atoms with van der Waals surface area (Å²) in [5.41, 5.74) is 1.02. The quantitative estimate of drug-likeness (QED) is 0.497. The van der Waals surface area contributed by atoms with Crippen LogP contribution < -0.4 is 5.56 Å². The summed E-state index contributed by atoms with van der Waals surface area (Å²) < 4.78 is 13.0. The first-order valence-electron chi connectivity index (χ1n) is 7.36. The molecule has 0 unspecified atom stereocenters. The Morgan fingerprint density at radius 2 is 2.00 bits per heavy atom. The lowest BCUT2D eigenvalue weighted by molar-refractivity contribution is -0.142. The van der Waals surface area contributed by atoms with Crippen molar-refractivity contribution in [3.63, 3.8) is 0 Å². The monoisotopic (exact) mass is 328 g/mol. The first-order chi connectivity index (χ1) is 11.7. The van der Waals surface area contributed by atoms with Gasteiger partial charge in [-0.2, -0.15) is 9.61 Å². The molecule has 0 bridgehead atoms. The van der Waals surface area contributed by atoms with E-state index in [1.54, 1.807) is 4.57 Å². The van der Waals surface area contributed by atoms with Gasteiger partial charge in [-0.3, -0.25) is 14.2 Å². The van der Waals surface area contributed by atoms with Gasteiger partial charge in [0.2, 0.25) is 5.78 Å². The molecule has 0 amide bonds. The van der Waals surface area contributed by atoms with Gasteiger partial charge in [0, 0.05) is 13.1 Å². The highest BCUT2D eigenvalue weighted by atomic mass is 16.6. The molecule has 0 saturated heterocycles. The molecule has 8 heteroatoms. The number of carbonyl (C=O) groups is 1. The number of aromatic nitrogens is 4. The topological polar surface area (TPSA) is 87.7 Å². The maximum atomic E-state index is 12.5. The first-order valence-corrected chi connectivity index (χ1v) is 7.36. The van der Waals surface area contributed by atoms with E-state index in [0.29, 0.717) is 11.3 Å². The molecule has 3 rings (SSSR count). The highest BCUT2D eigenvalue weighted by Gasteiger charge is 2.11. The lowest BCUT2D eigenvalue weighted by Gasteiger charge is -2.06. The normalized spacial score (nSPS) is 10.9. The zero-order chi connectivity index (χ0) is 16.9. The number of benzene rings is 1. The van der Waals surface area contributed by atoms with Crippen molar-refractivity contribution in [2.75, 3.05) is 13.2 Å². The van der Waals surface area contributed by atoms with Crippen molar-refractivity contribution in [3.8, 4) is 11.1 Å². The fraction of sp³-hybridized carbons (Fsp3) is 0.250. The smallest absolute Gasteiger partial charge is 0.302 e. The van der Waals surface area contributed by atoms with Crippen molar-refractivity contribution in [2.45, 2.75) is 13.7 Å². The van der Waals surface area contributed by atoms with Crippen LogP contribution >= 0.6 is 0 Å². The molecule has 0 aliphatic heterocycles. The van der Waals surface area contributed by atoms with Crippen LogP contribution in [0.1, 0.15) is 6.92 Å². The predicted molar refractivity (Wildman–Crippen MR) is 85.3 cm³/mol. The molecule has 2 heterocycles. The molecule has 0 atom stereocenters. The van der Waals surface area contributed by atoms with Gasteiger partial charge in [0.15, 0.2) is 0 Å². The van der Waals surface area contributed by atoms with Crippen molar-refractivity contribution in [1.82, 2.24) is 19.2 Å². The van der Waals surface area contributed by atoms with Gasteiger partial charge in [0.25, 0.3) is 5.56 Å². The number of carbonyl (C=O) groups excluding carboxylic acids is 1. The van der Waals surface area contributed by atoms with Crippen LogP contribution in [-0.4, -0.2) is 38.3 Å². The summed E-state index contributed by atoms with van der Waals surface area (Å²) in [5.74, 6) is 0.0282. The average molecular weight is 328 g/mol. The molecule has 3 aromatic rings. The van der Waals surface area contributed by atoms with E-state index in [1.165, 1.54) is 24.0 Å². The van der Waals surface area contributed by atoms with E-state index in [2.05, 4.69) is 10.1 Å². The summed E-state index contributed by atoms with van der Waals surface area (Å²) in [6.45, 7) is 1.91. The summed E-state index contributed by atoms with van der Waals surface area (Å²) >= 11 is 0. The van der Waals surface area contributed by atoms with Crippen LogP contribution in [0.15, 0.2) is 47.7 Å². The molecule has 0 fully saturated rings. The van der Waals surface area contributed by atoms with E-state index in [9.17, 15) is 9.59 Å². The van der Waals surface area contributed by atoms with E-state index in [1.807, 2.05) is 30.3 Å². The van der Waals surface area contributed by atoms with Crippen LogP contribution in [0.2, 0.25) is 0 Å². The van der Waals surface area contributed by atoms with Gasteiger partial charge in [-0.1, -0.05) is 30.3 Å². The van der Waals surface area contributed by atoms with Crippen LogP contribution in [0.25, 0.3) is 16.9 Å². The van der Waals surface area contributed by atoms with Gasteiger partial charge < -0.3 is 9.47 Å². The van der Waals surface area contributed by atoms with Crippen LogP contribution in [0.3, 0.4) is 0 Å². The maximum absolute atomic E-state index is 12.5. The number of esters is 1. The van der Waals surface area contributed by atoms with Gasteiger partial charge in [0.05, 0.1) is 12.2 Å². The van der Waals surface area contributed by atoms with Crippen LogP contribution in [0.5, 0.6) is 0 Å². The molecule has 0 N–H and O–H groups in total. The number of hydrogen-bond acceptors (Lipinski definition) is 6. The molecule has 0 radical (unpaired) electrons. The standard InChI is InChI=1S/C16H16N4O4/c1-12(21)24-8-7-23-11-19-10-18-20-15(22)14(9-17-16(19)20)13-5-3-2-4-6-13/h2-6,9-10H,7-8,11H2,1H3. The Bertz CT molecular complexity index is 901. The Morgan fingerprint density at radius 3 is 2.75 bits per heavy atom. The summed E-state index contributed by atoms with van der Waals surface area (Å²) in [6, 6.07) is 9.30. The van der Waals surface area contributed by atoms with Crippen molar-refractivity contribution < 1.29 is 14.3 Å². The van der Waals surface area contributed by atoms with E-state index in [-0.39, 0.29) is 31.5 Å². The highest BCUT2D eigenvalue weighted by molar-refractivity contribution is 5.65. The molecule has 0 saturated carbocycles. The van der Waals surface area contributed by atoms with Gasteiger partial charge in [0.1, 0.15) is 19.7 Å². The van der Waals surface area contributed by atoms with E-state index < -0.39 is 0 Å². The second kappa shape index (κ2) is 7.05. The third-order valence-corrected chi connectivity index (χ3v) is 3.33. The minimum absolute atomic E-state index is 0.155. The van der Waals surface area contributed by atoms with Crippen LogP contribution in [-0.2, 0) is 21.0 Å². The van der Waals surface area contributed by atoms with Crippen molar-refractivity contribution in [1.29, 1.82) is 0 Å². The van der Waals surface area contributed by atoms with Crippen molar-refractivity contribution >= 4 is 11.7 Å². The Balaban J connectivity index is 1.77. The molecule has 1 aromatic carbocycles. The lowest BCUT2D eigenvalue weighted by Crippen LogP contribution is -2.18. The second-order valence-corrected chi connectivity index (χ2v) is 5.03. The molecular weight excluding hydrogens is 312 g/mol. The molecule has 8 nitrogen and oxygen atoms in total. The molecular formula is C16H16N4O4. The van der Waals surface area contributed by atoms with Gasteiger partial charge in [-0.25, -0.2) is 4.98 Å². The van der Waals surface area contributed by atoms with E-state index in [0.717, 1.165) is 5.56 Å². The SMILES string of the molecule is CC(=O)OCCOCn1cnn2c(=O)c(-c3ccccc3)cnc12. The molecule has 0 spiro atoms. The zero-order valence-electron chi connectivity index (χ0n) is 13.1. The predicted octanol–water partition coefficient (Wildman–Crippen LogP) is 1.10. The summed E-state index contributed by atoms with van der Waals surface area (Å²) in [6.07, 6.45) is 3.01. The number of rotatable bonds is 6. The van der Waals surface area contributed by atoms with Gasteiger partial charge in [-0.15, -0.1) is 0 Å². The molecule has 24 heavy (non-hydrogen) atoms. The first kappa shape index (κ1) is 15.9. The third kappa shape index (κ3) is 3.33. The van der Waals surface area contributed by atoms with Crippen LogP contribution in [0.4, 0.5) is 0 Å². The average Bonchev–Trinajstić information content (AvgIpc) is 2.99. The Labute approximate surface area is 137 Å².